The van der Waals surface area contributed by atoms with Gasteiger partial charge >= 0.3 is 0 Å². The Labute approximate surface area is 138 Å². The highest BCUT2D eigenvalue weighted by atomic mass is 19.1. The van der Waals surface area contributed by atoms with Gasteiger partial charge in [0.05, 0.1) is 0 Å². The molecule has 4 nitrogen and oxygen atoms in total. The van der Waals surface area contributed by atoms with Gasteiger partial charge in [-0.15, -0.1) is 0 Å². The molecule has 0 saturated heterocycles. The minimum absolute atomic E-state index is 0.264. The van der Waals surface area contributed by atoms with E-state index in [0.717, 1.165) is 17.1 Å². The molecule has 0 amide bonds. The Balaban J connectivity index is 1.77. The number of halogens is 1. The average molecular weight is 318 g/mol. The van der Waals surface area contributed by atoms with Crippen LogP contribution in [0.4, 0.5) is 10.2 Å². The Kier molecular flexibility index (Phi) is 3.67. The van der Waals surface area contributed by atoms with Crippen LogP contribution in [0.1, 0.15) is 5.56 Å². The number of imidazole rings is 1. The molecule has 0 aliphatic rings. The molecule has 5 heteroatoms. The SMILES string of the molecule is Fc1ccc(-c2nc3ncccn3c2NCc2ccccc2)cc1. The lowest BCUT2D eigenvalue weighted by molar-refractivity contribution is 0.628. The van der Waals surface area contributed by atoms with Crippen LogP contribution in [0.15, 0.2) is 73.1 Å². The average Bonchev–Trinajstić information content (AvgIpc) is 3.00. The highest BCUT2D eigenvalue weighted by molar-refractivity contribution is 5.75. The summed E-state index contributed by atoms with van der Waals surface area (Å²) in [6.07, 6.45) is 3.62. The van der Waals surface area contributed by atoms with Gasteiger partial charge in [-0.2, -0.15) is 0 Å². The van der Waals surface area contributed by atoms with Crippen molar-refractivity contribution in [1.82, 2.24) is 14.4 Å². The van der Waals surface area contributed by atoms with E-state index in [2.05, 4.69) is 27.4 Å². The molecule has 4 aromatic rings. The van der Waals surface area contributed by atoms with Gasteiger partial charge in [0.1, 0.15) is 17.3 Å². The normalized spacial score (nSPS) is 10.9. The van der Waals surface area contributed by atoms with E-state index in [-0.39, 0.29) is 5.82 Å². The summed E-state index contributed by atoms with van der Waals surface area (Å²) in [5.41, 5.74) is 2.77. The molecule has 0 atom stereocenters. The van der Waals surface area contributed by atoms with E-state index < -0.39 is 0 Å². The number of hydrogen-bond acceptors (Lipinski definition) is 3. The molecule has 0 aliphatic heterocycles. The molecule has 24 heavy (non-hydrogen) atoms. The van der Waals surface area contributed by atoms with Crippen LogP contribution in [0.2, 0.25) is 0 Å². The predicted molar refractivity (Wildman–Crippen MR) is 92.1 cm³/mol. The van der Waals surface area contributed by atoms with Gasteiger partial charge < -0.3 is 5.32 Å². The minimum Gasteiger partial charge on any atom is -0.365 e. The third-order valence-electron chi connectivity index (χ3n) is 3.82. The van der Waals surface area contributed by atoms with Crippen LogP contribution in [-0.2, 0) is 6.54 Å². The fourth-order valence-corrected chi connectivity index (χ4v) is 2.65. The molecule has 1 N–H and O–H groups in total. The number of nitrogens with one attached hydrogen (secondary N) is 1. The molecule has 0 spiro atoms. The summed E-state index contributed by atoms with van der Waals surface area (Å²) in [7, 11) is 0. The summed E-state index contributed by atoms with van der Waals surface area (Å²) in [6.45, 7) is 0.664. The smallest absolute Gasteiger partial charge is 0.235 e. The maximum absolute atomic E-state index is 13.2. The molecule has 2 aromatic heterocycles. The first-order chi connectivity index (χ1) is 11.8. The summed E-state index contributed by atoms with van der Waals surface area (Å²) in [6, 6.07) is 18.3. The Bertz CT molecular complexity index is 962. The molecule has 0 bridgehead atoms. The van der Waals surface area contributed by atoms with Crippen molar-refractivity contribution in [3.8, 4) is 11.3 Å². The summed E-state index contributed by atoms with van der Waals surface area (Å²) in [5.74, 6) is 1.18. The molecule has 0 saturated carbocycles. The number of hydrogen-bond donors (Lipinski definition) is 1. The standard InChI is InChI=1S/C19H15FN4/c20-16-9-7-15(8-10-16)17-18(22-13-14-5-2-1-3-6-14)24-12-4-11-21-19(24)23-17/h1-12,22H,13H2. The molecular formula is C19H15FN4. The first kappa shape index (κ1) is 14.4. The van der Waals surface area contributed by atoms with E-state index in [1.807, 2.05) is 34.9 Å². The fraction of sp³-hybridized carbons (Fsp3) is 0.0526. The van der Waals surface area contributed by atoms with Gasteiger partial charge in [-0.3, -0.25) is 4.40 Å². The third kappa shape index (κ3) is 2.72. The van der Waals surface area contributed by atoms with Gasteiger partial charge in [0, 0.05) is 24.5 Å². The van der Waals surface area contributed by atoms with Crippen LogP contribution in [0.5, 0.6) is 0 Å². The van der Waals surface area contributed by atoms with Gasteiger partial charge in [0.25, 0.3) is 0 Å². The fourth-order valence-electron chi connectivity index (χ4n) is 2.65. The predicted octanol–water partition coefficient (Wildman–Crippen LogP) is 4.15. The first-order valence-electron chi connectivity index (χ1n) is 7.68. The van der Waals surface area contributed by atoms with Crippen LogP contribution in [0, 0.1) is 5.82 Å². The highest BCUT2D eigenvalue weighted by Gasteiger charge is 2.14. The Morgan fingerprint density at radius 2 is 1.75 bits per heavy atom. The van der Waals surface area contributed by atoms with E-state index in [0.29, 0.717) is 12.3 Å². The summed E-state index contributed by atoms with van der Waals surface area (Å²) in [5, 5.41) is 3.43. The molecule has 0 radical (unpaired) electrons. The van der Waals surface area contributed by atoms with Crippen LogP contribution in [0.3, 0.4) is 0 Å². The summed E-state index contributed by atoms with van der Waals surface area (Å²) >= 11 is 0. The number of anilines is 1. The van der Waals surface area contributed by atoms with Crippen molar-refractivity contribution < 1.29 is 4.39 Å². The maximum Gasteiger partial charge on any atom is 0.235 e. The zero-order chi connectivity index (χ0) is 16.4. The Hall–Kier alpha value is -3.21. The molecule has 2 aromatic carbocycles. The van der Waals surface area contributed by atoms with Crippen molar-refractivity contribution >= 4 is 11.6 Å². The first-order valence-corrected chi connectivity index (χ1v) is 7.68. The quantitative estimate of drug-likeness (QED) is 0.615. The van der Waals surface area contributed by atoms with Gasteiger partial charge in [-0.1, -0.05) is 30.3 Å². The van der Waals surface area contributed by atoms with Crippen molar-refractivity contribution in [2.45, 2.75) is 6.54 Å². The molecular weight excluding hydrogens is 303 g/mol. The summed E-state index contributed by atoms with van der Waals surface area (Å²) in [4.78, 5) is 8.89. The number of aromatic nitrogens is 3. The second-order valence-corrected chi connectivity index (χ2v) is 5.44. The second kappa shape index (κ2) is 6.12. The summed E-state index contributed by atoms with van der Waals surface area (Å²) < 4.78 is 15.1. The van der Waals surface area contributed by atoms with Crippen molar-refractivity contribution in [3.63, 3.8) is 0 Å². The molecule has 0 unspecified atom stereocenters. The zero-order valence-corrected chi connectivity index (χ0v) is 12.9. The van der Waals surface area contributed by atoms with Gasteiger partial charge in [-0.25, -0.2) is 14.4 Å². The highest BCUT2D eigenvalue weighted by Crippen LogP contribution is 2.28. The van der Waals surface area contributed by atoms with Crippen LogP contribution >= 0.6 is 0 Å². The minimum atomic E-state index is -0.264. The lowest BCUT2D eigenvalue weighted by Crippen LogP contribution is -2.03. The molecule has 2 heterocycles. The second-order valence-electron chi connectivity index (χ2n) is 5.44. The van der Waals surface area contributed by atoms with E-state index in [4.69, 9.17) is 0 Å². The Morgan fingerprint density at radius 1 is 0.958 bits per heavy atom. The topological polar surface area (TPSA) is 42.2 Å². The number of rotatable bonds is 4. The maximum atomic E-state index is 13.2. The lowest BCUT2D eigenvalue weighted by Gasteiger charge is -2.09. The van der Waals surface area contributed by atoms with E-state index >= 15 is 0 Å². The molecule has 4 rings (SSSR count). The van der Waals surface area contributed by atoms with Crippen LogP contribution in [0.25, 0.3) is 17.0 Å². The van der Waals surface area contributed by atoms with E-state index in [1.54, 1.807) is 18.3 Å². The molecule has 0 aliphatic carbocycles. The molecule has 118 valence electrons. The van der Waals surface area contributed by atoms with Crippen molar-refractivity contribution in [1.29, 1.82) is 0 Å². The van der Waals surface area contributed by atoms with E-state index in [9.17, 15) is 4.39 Å². The third-order valence-corrected chi connectivity index (χ3v) is 3.82. The van der Waals surface area contributed by atoms with E-state index in [1.165, 1.54) is 17.7 Å². The van der Waals surface area contributed by atoms with Crippen molar-refractivity contribution in [2.24, 2.45) is 0 Å². The van der Waals surface area contributed by atoms with Gasteiger partial charge in [-0.05, 0) is 35.9 Å². The van der Waals surface area contributed by atoms with Crippen LogP contribution < -0.4 is 5.32 Å². The number of benzene rings is 2. The van der Waals surface area contributed by atoms with Crippen molar-refractivity contribution in [3.05, 3.63) is 84.4 Å². The lowest BCUT2D eigenvalue weighted by atomic mass is 10.1. The molecule has 0 fully saturated rings. The van der Waals surface area contributed by atoms with Crippen LogP contribution in [-0.4, -0.2) is 14.4 Å². The Morgan fingerprint density at radius 3 is 2.54 bits per heavy atom. The largest absolute Gasteiger partial charge is 0.365 e. The monoisotopic (exact) mass is 318 g/mol. The number of nitrogens with zero attached hydrogens (tertiary/aromatic N) is 3. The van der Waals surface area contributed by atoms with Gasteiger partial charge in [0.2, 0.25) is 5.78 Å². The van der Waals surface area contributed by atoms with Crippen molar-refractivity contribution in [2.75, 3.05) is 5.32 Å². The van der Waals surface area contributed by atoms with Gasteiger partial charge in [0.15, 0.2) is 0 Å². The zero-order valence-electron chi connectivity index (χ0n) is 12.9. The number of fused-ring (bicyclic) bond motifs is 1.